The zero-order chi connectivity index (χ0) is 12.3. The number of carboxylic acids is 1. The fourth-order valence-electron chi connectivity index (χ4n) is 2.68. The summed E-state index contributed by atoms with van der Waals surface area (Å²) >= 11 is 0. The number of hydrogen-bond acceptors (Lipinski definition) is 2. The van der Waals surface area contributed by atoms with E-state index in [1.807, 2.05) is 0 Å². The molecule has 0 aliphatic heterocycles. The molecule has 0 aromatic heterocycles. The predicted octanol–water partition coefficient (Wildman–Crippen LogP) is 2.71. The van der Waals surface area contributed by atoms with Crippen molar-refractivity contribution in [1.29, 1.82) is 0 Å². The Kier molecular flexibility index (Phi) is 4.14. The number of nitrogens with two attached hydrogens (primary N) is 1. The average molecular weight is 225 g/mol. The Hall–Kier alpha value is -0.830. The Morgan fingerprint density at radius 3 is 2.69 bits per heavy atom. The molecule has 0 aromatic carbocycles. The van der Waals surface area contributed by atoms with E-state index in [9.17, 15) is 4.79 Å². The van der Waals surface area contributed by atoms with E-state index < -0.39 is 5.97 Å². The lowest BCUT2D eigenvalue weighted by molar-refractivity contribution is -0.137. The maximum Gasteiger partial charge on any atom is 0.304 e. The molecule has 0 amide bonds. The van der Waals surface area contributed by atoms with Crippen molar-refractivity contribution in [3.8, 4) is 0 Å². The third-order valence-electron chi connectivity index (χ3n) is 3.59. The number of allylic oxidation sites excluding steroid dienone is 1. The highest BCUT2D eigenvalue weighted by atomic mass is 16.4. The molecule has 0 spiro atoms. The van der Waals surface area contributed by atoms with E-state index in [1.54, 1.807) is 0 Å². The fourth-order valence-corrected chi connectivity index (χ4v) is 2.68. The van der Waals surface area contributed by atoms with E-state index in [-0.39, 0.29) is 17.9 Å². The molecule has 1 unspecified atom stereocenters. The van der Waals surface area contributed by atoms with Crippen LogP contribution < -0.4 is 5.73 Å². The van der Waals surface area contributed by atoms with Gasteiger partial charge in [0.1, 0.15) is 0 Å². The summed E-state index contributed by atoms with van der Waals surface area (Å²) in [6.07, 6.45) is 4.34. The molecule has 1 aliphatic carbocycles. The van der Waals surface area contributed by atoms with Crippen LogP contribution >= 0.6 is 0 Å². The van der Waals surface area contributed by atoms with Gasteiger partial charge in [-0.3, -0.25) is 4.79 Å². The van der Waals surface area contributed by atoms with Crippen molar-refractivity contribution in [1.82, 2.24) is 0 Å². The normalized spacial score (nSPS) is 22.0. The lowest BCUT2D eigenvalue weighted by atomic mass is 9.70. The summed E-state index contributed by atoms with van der Waals surface area (Å²) in [4.78, 5) is 10.6. The SMILES string of the molecule is CC1=C(CC(N)CC(=O)O)C(C)(C)CCC1. The molecule has 1 atom stereocenters. The summed E-state index contributed by atoms with van der Waals surface area (Å²) < 4.78 is 0. The van der Waals surface area contributed by atoms with Crippen LogP contribution in [0.1, 0.15) is 52.9 Å². The Labute approximate surface area is 97.7 Å². The van der Waals surface area contributed by atoms with Gasteiger partial charge < -0.3 is 10.8 Å². The van der Waals surface area contributed by atoms with Crippen LogP contribution in [0.25, 0.3) is 0 Å². The lowest BCUT2D eigenvalue weighted by Crippen LogP contribution is -2.29. The minimum absolute atomic E-state index is 0.0624. The van der Waals surface area contributed by atoms with Crippen LogP contribution in [0, 0.1) is 5.41 Å². The van der Waals surface area contributed by atoms with Crippen molar-refractivity contribution in [2.75, 3.05) is 0 Å². The van der Waals surface area contributed by atoms with E-state index in [2.05, 4.69) is 20.8 Å². The van der Waals surface area contributed by atoms with Gasteiger partial charge in [-0.15, -0.1) is 0 Å². The van der Waals surface area contributed by atoms with Crippen LogP contribution in [-0.2, 0) is 4.79 Å². The number of hydrogen-bond donors (Lipinski definition) is 2. The van der Waals surface area contributed by atoms with E-state index in [1.165, 1.54) is 24.0 Å². The molecule has 0 heterocycles. The third kappa shape index (κ3) is 3.34. The van der Waals surface area contributed by atoms with Crippen LogP contribution in [0.2, 0.25) is 0 Å². The number of carbonyl (C=O) groups is 1. The Morgan fingerprint density at radius 2 is 2.19 bits per heavy atom. The standard InChI is InChI=1S/C13H23NO2/c1-9-5-4-6-13(2,3)11(9)7-10(14)8-12(15)16/h10H,4-8,14H2,1-3H3,(H,15,16). The zero-order valence-corrected chi connectivity index (χ0v) is 10.5. The molecule has 92 valence electrons. The van der Waals surface area contributed by atoms with Crippen molar-refractivity contribution >= 4 is 5.97 Å². The summed E-state index contributed by atoms with van der Waals surface area (Å²) in [6, 6.07) is -0.250. The first-order valence-electron chi connectivity index (χ1n) is 5.99. The highest BCUT2D eigenvalue weighted by Crippen LogP contribution is 2.42. The lowest BCUT2D eigenvalue weighted by Gasteiger charge is -2.35. The predicted molar refractivity (Wildman–Crippen MR) is 65.2 cm³/mol. The molecule has 0 aromatic rings. The first-order valence-corrected chi connectivity index (χ1v) is 5.99. The molecule has 0 bridgehead atoms. The molecular weight excluding hydrogens is 202 g/mol. The van der Waals surface area contributed by atoms with Crippen LogP contribution in [0.4, 0.5) is 0 Å². The Bertz CT molecular complexity index is 305. The Balaban J connectivity index is 2.73. The zero-order valence-electron chi connectivity index (χ0n) is 10.5. The van der Waals surface area contributed by atoms with Crippen LogP contribution in [0.15, 0.2) is 11.1 Å². The first kappa shape index (κ1) is 13.2. The molecule has 3 N–H and O–H groups in total. The maximum absolute atomic E-state index is 10.6. The second-order valence-electron chi connectivity index (χ2n) is 5.56. The largest absolute Gasteiger partial charge is 0.481 e. The van der Waals surface area contributed by atoms with Crippen molar-refractivity contribution in [3.63, 3.8) is 0 Å². The van der Waals surface area contributed by atoms with Gasteiger partial charge in [-0.2, -0.15) is 0 Å². The topological polar surface area (TPSA) is 63.3 Å². The maximum atomic E-state index is 10.6. The van der Waals surface area contributed by atoms with Gasteiger partial charge in [0.15, 0.2) is 0 Å². The number of aliphatic carboxylic acids is 1. The molecule has 1 aliphatic rings. The fraction of sp³-hybridized carbons (Fsp3) is 0.769. The molecule has 3 heteroatoms. The van der Waals surface area contributed by atoms with E-state index >= 15 is 0 Å². The summed E-state index contributed by atoms with van der Waals surface area (Å²) in [5.74, 6) is -0.806. The van der Waals surface area contributed by atoms with Crippen LogP contribution in [0.3, 0.4) is 0 Å². The van der Waals surface area contributed by atoms with E-state index in [0.29, 0.717) is 0 Å². The molecule has 0 saturated carbocycles. The van der Waals surface area contributed by atoms with Crippen molar-refractivity contribution in [2.24, 2.45) is 11.1 Å². The van der Waals surface area contributed by atoms with Crippen molar-refractivity contribution in [3.05, 3.63) is 11.1 Å². The summed E-state index contributed by atoms with van der Waals surface area (Å²) in [6.45, 7) is 6.63. The highest BCUT2D eigenvalue weighted by Gasteiger charge is 2.29. The van der Waals surface area contributed by atoms with Crippen LogP contribution in [-0.4, -0.2) is 17.1 Å². The second kappa shape index (κ2) is 5.00. The van der Waals surface area contributed by atoms with Gasteiger partial charge in [0.2, 0.25) is 0 Å². The van der Waals surface area contributed by atoms with Crippen molar-refractivity contribution in [2.45, 2.75) is 58.9 Å². The summed E-state index contributed by atoms with van der Waals surface area (Å²) in [7, 11) is 0. The number of rotatable bonds is 4. The van der Waals surface area contributed by atoms with E-state index in [4.69, 9.17) is 10.8 Å². The highest BCUT2D eigenvalue weighted by molar-refractivity contribution is 5.67. The summed E-state index contributed by atoms with van der Waals surface area (Å²) in [5, 5.41) is 8.71. The van der Waals surface area contributed by atoms with Crippen molar-refractivity contribution < 1.29 is 9.90 Å². The van der Waals surface area contributed by atoms with Crippen LogP contribution in [0.5, 0.6) is 0 Å². The molecule has 0 radical (unpaired) electrons. The van der Waals surface area contributed by atoms with Gasteiger partial charge >= 0.3 is 5.97 Å². The first-order chi connectivity index (χ1) is 7.33. The molecule has 16 heavy (non-hydrogen) atoms. The Morgan fingerprint density at radius 1 is 1.56 bits per heavy atom. The minimum atomic E-state index is -0.806. The summed E-state index contributed by atoms with van der Waals surface area (Å²) in [5.41, 5.74) is 8.86. The molecular formula is C13H23NO2. The van der Waals surface area contributed by atoms with Gasteiger partial charge in [-0.25, -0.2) is 0 Å². The smallest absolute Gasteiger partial charge is 0.304 e. The van der Waals surface area contributed by atoms with Gasteiger partial charge in [0, 0.05) is 6.04 Å². The minimum Gasteiger partial charge on any atom is -0.481 e. The van der Waals surface area contributed by atoms with Gasteiger partial charge in [0.05, 0.1) is 6.42 Å². The number of carboxylic acid groups (broad SMARTS) is 1. The van der Waals surface area contributed by atoms with Gasteiger partial charge in [-0.1, -0.05) is 25.0 Å². The van der Waals surface area contributed by atoms with E-state index in [0.717, 1.165) is 12.8 Å². The van der Waals surface area contributed by atoms with Gasteiger partial charge in [-0.05, 0) is 38.0 Å². The average Bonchev–Trinajstić information content (AvgIpc) is 2.10. The van der Waals surface area contributed by atoms with Gasteiger partial charge in [0.25, 0.3) is 0 Å². The molecule has 3 nitrogen and oxygen atoms in total. The quantitative estimate of drug-likeness (QED) is 0.723. The molecule has 0 saturated heterocycles. The second-order valence-corrected chi connectivity index (χ2v) is 5.56. The molecule has 0 fully saturated rings. The third-order valence-corrected chi connectivity index (χ3v) is 3.59. The monoisotopic (exact) mass is 225 g/mol. The molecule has 1 rings (SSSR count).